The van der Waals surface area contributed by atoms with Gasteiger partial charge in [0.2, 0.25) is 5.91 Å². The van der Waals surface area contributed by atoms with Crippen LogP contribution in [0, 0.1) is 0 Å². The molecule has 5 rings (SSSR count). The lowest BCUT2D eigenvalue weighted by Crippen LogP contribution is -2.48. The second-order valence-corrected chi connectivity index (χ2v) is 8.06. The lowest BCUT2D eigenvalue weighted by molar-refractivity contribution is -0.122. The minimum atomic E-state index is 0. The molecule has 2 aliphatic heterocycles. The van der Waals surface area contributed by atoms with E-state index in [0.29, 0.717) is 31.0 Å². The second-order valence-electron chi connectivity index (χ2n) is 8.06. The predicted molar refractivity (Wildman–Crippen MR) is 118 cm³/mol. The highest BCUT2D eigenvalue weighted by atomic mass is 35.5. The van der Waals surface area contributed by atoms with Crippen molar-refractivity contribution in [2.75, 3.05) is 0 Å². The SMILES string of the molecule is Cl.O=C(CCc1nc2ccccc2n1-c1ccccc1)NC1CC2CCC(C1)N2. The van der Waals surface area contributed by atoms with Crippen LogP contribution in [-0.4, -0.2) is 33.6 Å². The van der Waals surface area contributed by atoms with Crippen molar-refractivity contribution in [2.24, 2.45) is 0 Å². The molecule has 2 N–H and O–H groups in total. The number of carbonyl (C=O) groups is 1. The summed E-state index contributed by atoms with van der Waals surface area (Å²) in [5, 5.41) is 6.89. The van der Waals surface area contributed by atoms with Crippen LogP contribution in [0.2, 0.25) is 0 Å². The van der Waals surface area contributed by atoms with Crippen LogP contribution in [0.15, 0.2) is 54.6 Å². The number of imidazole rings is 1. The fourth-order valence-corrected chi connectivity index (χ4v) is 4.81. The summed E-state index contributed by atoms with van der Waals surface area (Å²) < 4.78 is 2.17. The first-order valence-electron chi connectivity index (χ1n) is 10.3. The van der Waals surface area contributed by atoms with Crippen molar-refractivity contribution in [1.82, 2.24) is 20.2 Å². The number of nitrogens with zero attached hydrogens (tertiary/aromatic N) is 2. The van der Waals surface area contributed by atoms with Gasteiger partial charge in [0, 0.05) is 36.7 Å². The van der Waals surface area contributed by atoms with E-state index >= 15 is 0 Å². The van der Waals surface area contributed by atoms with Gasteiger partial charge < -0.3 is 10.6 Å². The minimum absolute atomic E-state index is 0. The van der Waals surface area contributed by atoms with Gasteiger partial charge in [-0.15, -0.1) is 12.4 Å². The number of piperidine rings is 1. The van der Waals surface area contributed by atoms with Crippen LogP contribution in [0.5, 0.6) is 0 Å². The zero-order valence-electron chi connectivity index (χ0n) is 16.4. The molecule has 5 nitrogen and oxygen atoms in total. The minimum Gasteiger partial charge on any atom is -0.353 e. The second kappa shape index (κ2) is 8.56. The van der Waals surface area contributed by atoms with Gasteiger partial charge in [-0.25, -0.2) is 4.98 Å². The maximum atomic E-state index is 12.6. The van der Waals surface area contributed by atoms with Crippen molar-refractivity contribution in [3.63, 3.8) is 0 Å². The first-order valence-corrected chi connectivity index (χ1v) is 10.3. The molecule has 0 spiro atoms. The Labute approximate surface area is 177 Å². The Hall–Kier alpha value is -2.37. The van der Waals surface area contributed by atoms with Gasteiger partial charge in [-0.1, -0.05) is 30.3 Å². The molecule has 0 radical (unpaired) electrons. The van der Waals surface area contributed by atoms with E-state index < -0.39 is 0 Å². The molecule has 0 aliphatic carbocycles. The van der Waals surface area contributed by atoms with Crippen molar-refractivity contribution >= 4 is 29.3 Å². The van der Waals surface area contributed by atoms with Crippen LogP contribution < -0.4 is 10.6 Å². The lowest BCUT2D eigenvalue weighted by Gasteiger charge is -2.29. The van der Waals surface area contributed by atoms with E-state index in [1.165, 1.54) is 12.8 Å². The summed E-state index contributed by atoms with van der Waals surface area (Å²) in [6.45, 7) is 0. The molecule has 3 heterocycles. The number of hydrogen-bond acceptors (Lipinski definition) is 3. The van der Waals surface area contributed by atoms with Gasteiger partial charge in [0.05, 0.1) is 11.0 Å². The Morgan fingerprint density at radius 1 is 1.03 bits per heavy atom. The lowest BCUT2D eigenvalue weighted by atomic mass is 9.99. The summed E-state index contributed by atoms with van der Waals surface area (Å²) >= 11 is 0. The first kappa shape index (κ1) is 19.9. The molecule has 2 aliphatic rings. The Balaban J connectivity index is 0.00000205. The van der Waals surface area contributed by atoms with E-state index in [2.05, 4.69) is 33.4 Å². The number of hydrogen-bond donors (Lipinski definition) is 2. The van der Waals surface area contributed by atoms with Gasteiger partial charge in [0.1, 0.15) is 5.82 Å². The molecule has 29 heavy (non-hydrogen) atoms. The number of rotatable bonds is 5. The van der Waals surface area contributed by atoms with Gasteiger partial charge >= 0.3 is 0 Å². The number of nitrogens with one attached hydrogen (secondary N) is 2. The number of aryl methyl sites for hydroxylation is 1. The molecular weight excluding hydrogens is 384 g/mol. The highest BCUT2D eigenvalue weighted by Crippen LogP contribution is 2.27. The molecule has 3 aromatic rings. The highest BCUT2D eigenvalue weighted by molar-refractivity contribution is 5.85. The Bertz CT molecular complexity index is 975. The molecule has 2 unspecified atom stereocenters. The summed E-state index contributed by atoms with van der Waals surface area (Å²) in [4.78, 5) is 17.4. The van der Waals surface area contributed by atoms with Gasteiger partial charge in [-0.05, 0) is 49.9 Å². The molecule has 0 saturated carbocycles. The zero-order chi connectivity index (χ0) is 18.9. The van der Waals surface area contributed by atoms with Crippen LogP contribution in [-0.2, 0) is 11.2 Å². The van der Waals surface area contributed by atoms with Crippen molar-refractivity contribution < 1.29 is 4.79 Å². The third-order valence-corrected chi connectivity index (χ3v) is 6.06. The topological polar surface area (TPSA) is 59.0 Å². The molecule has 6 heteroatoms. The molecule has 1 amide bonds. The Morgan fingerprint density at radius 3 is 2.48 bits per heavy atom. The number of carbonyl (C=O) groups excluding carboxylic acids is 1. The maximum absolute atomic E-state index is 12.6. The summed E-state index contributed by atoms with van der Waals surface area (Å²) in [5.41, 5.74) is 3.14. The van der Waals surface area contributed by atoms with E-state index in [1.807, 2.05) is 36.4 Å². The number of aromatic nitrogens is 2. The average molecular weight is 411 g/mol. The Morgan fingerprint density at radius 2 is 1.72 bits per heavy atom. The van der Waals surface area contributed by atoms with Crippen LogP contribution >= 0.6 is 12.4 Å². The highest BCUT2D eigenvalue weighted by Gasteiger charge is 2.33. The standard InChI is InChI=1S/C23H26N4O.ClH/c28-23(25-18-14-16-10-11-17(15-18)24-16)13-12-22-26-20-8-4-5-9-21(20)27(22)19-6-2-1-3-7-19;/h1-9,16-18,24H,10-15H2,(H,25,28);1H. The predicted octanol–water partition coefficient (Wildman–Crippen LogP) is 3.78. The molecule has 2 fully saturated rings. The van der Waals surface area contributed by atoms with E-state index in [0.717, 1.165) is 35.4 Å². The van der Waals surface area contributed by atoms with Gasteiger partial charge in [-0.2, -0.15) is 0 Å². The van der Waals surface area contributed by atoms with Gasteiger partial charge in [0.15, 0.2) is 0 Å². The molecule has 2 aromatic carbocycles. The van der Waals surface area contributed by atoms with E-state index in [9.17, 15) is 4.79 Å². The van der Waals surface area contributed by atoms with E-state index in [4.69, 9.17) is 4.98 Å². The van der Waals surface area contributed by atoms with E-state index in [1.54, 1.807) is 0 Å². The Kier molecular flexibility index (Phi) is 5.88. The van der Waals surface area contributed by atoms with Crippen molar-refractivity contribution in [2.45, 2.75) is 56.7 Å². The van der Waals surface area contributed by atoms with Crippen LogP contribution in [0.25, 0.3) is 16.7 Å². The molecule has 2 saturated heterocycles. The zero-order valence-corrected chi connectivity index (χ0v) is 17.2. The summed E-state index contributed by atoms with van der Waals surface area (Å²) in [5.74, 6) is 1.07. The van der Waals surface area contributed by atoms with Crippen LogP contribution in [0.3, 0.4) is 0 Å². The molecule has 2 bridgehead atoms. The number of amides is 1. The molecule has 152 valence electrons. The summed E-state index contributed by atoms with van der Waals surface area (Å²) in [7, 11) is 0. The fraction of sp³-hybridized carbons (Fsp3) is 0.391. The largest absolute Gasteiger partial charge is 0.353 e. The number of fused-ring (bicyclic) bond motifs is 3. The van der Waals surface area contributed by atoms with Crippen LogP contribution in [0.1, 0.15) is 37.9 Å². The molecular formula is C23H27ClN4O. The normalized spacial score (nSPS) is 23.0. The number of para-hydroxylation sites is 3. The smallest absolute Gasteiger partial charge is 0.220 e. The quantitative estimate of drug-likeness (QED) is 0.673. The summed E-state index contributed by atoms with van der Waals surface area (Å²) in [6, 6.07) is 19.9. The first-order chi connectivity index (χ1) is 13.8. The number of halogens is 1. The monoisotopic (exact) mass is 410 g/mol. The van der Waals surface area contributed by atoms with Gasteiger partial charge in [-0.3, -0.25) is 9.36 Å². The third kappa shape index (κ3) is 4.16. The van der Waals surface area contributed by atoms with Gasteiger partial charge in [0.25, 0.3) is 0 Å². The third-order valence-electron chi connectivity index (χ3n) is 6.06. The summed E-state index contributed by atoms with van der Waals surface area (Å²) in [6.07, 6.45) is 5.72. The van der Waals surface area contributed by atoms with Crippen LogP contribution in [0.4, 0.5) is 0 Å². The molecule has 1 aromatic heterocycles. The number of benzene rings is 2. The molecule has 2 atom stereocenters. The van der Waals surface area contributed by atoms with Crippen molar-refractivity contribution in [1.29, 1.82) is 0 Å². The van der Waals surface area contributed by atoms with E-state index in [-0.39, 0.29) is 18.3 Å². The maximum Gasteiger partial charge on any atom is 0.220 e. The van der Waals surface area contributed by atoms with Crippen molar-refractivity contribution in [3.05, 3.63) is 60.4 Å². The fourth-order valence-electron chi connectivity index (χ4n) is 4.81. The van der Waals surface area contributed by atoms with Crippen molar-refractivity contribution in [3.8, 4) is 5.69 Å². The average Bonchev–Trinajstić information content (AvgIpc) is 3.26.